The Morgan fingerprint density at radius 2 is 1.60 bits per heavy atom. The molecule has 0 spiro atoms. The molecular formula is C14H19F3N4O3S. The van der Waals surface area contributed by atoms with Crippen LogP contribution in [0.3, 0.4) is 0 Å². The number of carbonyl (C=O) groups is 1. The van der Waals surface area contributed by atoms with Gasteiger partial charge in [0, 0.05) is 46.0 Å². The van der Waals surface area contributed by atoms with Gasteiger partial charge >= 0.3 is 12.2 Å². The maximum Gasteiger partial charge on any atom is 0.416 e. The zero-order chi connectivity index (χ0) is 18.8. The molecule has 1 N–H and O–H groups in total. The summed E-state index contributed by atoms with van der Waals surface area (Å²) < 4.78 is 63.9. The van der Waals surface area contributed by atoms with E-state index in [1.807, 2.05) is 0 Å². The van der Waals surface area contributed by atoms with Crippen LogP contribution in [0.5, 0.6) is 0 Å². The van der Waals surface area contributed by atoms with Crippen LogP contribution in [0.1, 0.15) is 5.56 Å². The van der Waals surface area contributed by atoms with Crippen molar-refractivity contribution in [1.82, 2.24) is 13.5 Å². The maximum atomic E-state index is 12.5. The Kier molecular flexibility index (Phi) is 5.59. The van der Waals surface area contributed by atoms with Crippen LogP contribution in [-0.2, 0) is 16.4 Å². The van der Waals surface area contributed by atoms with Crippen molar-refractivity contribution >= 4 is 21.9 Å². The maximum absolute atomic E-state index is 12.5. The van der Waals surface area contributed by atoms with E-state index in [9.17, 15) is 26.4 Å². The third-order valence-corrected chi connectivity index (χ3v) is 5.72. The van der Waals surface area contributed by atoms with Gasteiger partial charge in [-0.2, -0.15) is 30.2 Å². The van der Waals surface area contributed by atoms with Gasteiger partial charge in [-0.25, -0.2) is 4.79 Å². The van der Waals surface area contributed by atoms with Gasteiger partial charge in [0.15, 0.2) is 0 Å². The van der Waals surface area contributed by atoms with Crippen LogP contribution in [0, 0.1) is 0 Å². The molecule has 11 heteroatoms. The highest BCUT2D eigenvalue weighted by atomic mass is 32.2. The summed E-state index contributed by atoms with van der Waals surface area (Å²) >= 11 is 0. The van der Waals surface area contributed by atoms with Gasteiger partial charge in [0.1, 0.15) is 0 Å². The Hall–Kier alpha value is -1.85. The van der Waals surface area contributed by atoms with Crippen LogP contribution in [0.2, 0.25) is 0 Å². The molecular weight excluding hydrogens is 361 g/mol. The van der Waals surface area contributed by atoms with Crippen LogP contribution in [0.4, 0.5) is 23.7 Å². The van der Waals surface area contributed by atoms with Crippen molar-refractivity contribution < 1.29 is 26.4 Å². The van der Waals surface area contributed by atoms with E-state index in [0.29, 0.717) is 0 Å². The number of nitrogens with zero attached hydrogens (tertiary/aromatic N) is 3. The molecule has 2 amide bonds. The minimum Gasteiger partial charge on any atom is -0.322 e. The summed E-state index contributed by atoms with van der Waals surface area (Å²) in [5.41, 5.74) is -0.561. The lowest BCUT2D eigenvalue weighted by Crippen LogP contribution is -2.53. The lowest BCUT2D eigenvalue weighted by molar-refractivity contribution is -0.137. The summed E-state index contributed by atoms with van der Waals surface area (Å²) in [4.78, 5) is 13.6. The second-order valence-corrected chi connectivity index (χ2v) is 7.82. The van der Waals surface area contributed by atoms with Gasteiger partial charge in [-0.05, 0) is 24.3 Å². The van der Waals surface area contributed by atoms with Crippen LogP contribution in [-0.4, -0.2) is 68.2 Å². The molecule has 0 bridgehead atoms. The predicted octanol–water partition coefficient (Wildman–Crippen LogP) is 1.66. The normalized spacial score (nSPS) is 17.0. The van der Waals surface area contributed by atoms with E-state index in [1.165, 1.54) is 35.4 Å². The fraction of sp³-hybridized carbons (Fsp3) is 0.500. The number of hydrogen-bond acceptors (Lipinski definition) is 3. The third kappa shape index (κ3) is 4.61. The van der Waals surface area contributed by atoms with Gasteiger partial charge in [-0.15, -0.1) is 0 Å². The Labute approximate surface area is 144 Å². The number of amides is 2. The molecule has 1 fully saturated rings. The summed E-state index contributed by atoms with van der Waals surface area (Å²) in [5, 5.41) is 2.51. The van der Waals surface area contributed by atoms with Crippen LogP contribution in [0.15, 0.2) is 24.3 Å². The number of alkyl halides is 3. The smallest absolute Gasteiger partial charge is 0.322 e. The monoisotopic (exact) mass is 380 g/mol. The van der Waals surface area contributed by atoms with Gasteiger partial charge in [0.2, 0.25) is 0 Å². The number of rotatable bonds is 3. The van der Waals surface area contributed by atoms with E-state index >= 15 is 0 Å². The second-order valence-electron chi connectivity index (χ2n) is 5.68. The van der Waals surface area contributed by atoms with Gasteiger partial charge in [-0.1, -0.05) is 0 Å². The first-order valence-corrected chi connectivity index (χ1v) is 8.82. The fourth-order valence-corrected chi connectivity index (χ4v) is 3.38. The van der Waals surface area contributed by atoms with Crippen LogP contribution < -0.4 is 5.32 Å². The van der Waals surface area contributed by atoms with E-state index in [4.69, 9.17) is 0 Å². The molecule has 0 radical (unpaired) electrons. The highest BCUT2D eigenvalue weighted by Crippen LogP contribution is 2.29. The summed E-state index contributed by atoms with van der Waals surface area (Å²) in [7, 11) is -0.666. The average Bonchev–Trinajstić information content (AvgIpc) is 2.54. The number of nitrogens with one attached hydrogen (secondary N) is 1. The standard InChI is InChI=1S/C14H19F3N4O3S/c1-19(2)25(23,24)21-9-7-20(8-10-21)13(22)18-12-5-3-11(4-6-12)14(15,16)17/h3-6H,7-10H2,1-2H3,(H,18,22). The van der Waals surface area contributed by atoms with E-state index in [-0.39, 0.29) is 31.9 Å². The van der Waals surface area contributed by atoms with Gasteiger partial charge in [0.05, 0.1) is 5.56 Å². The number of benzene rings is 1. The van der Waals surface area contributed by atoms with Crippen molar-refractivity contribution in [2.75, 3.05) is 45.6 Å². The number of carbonyl (C=O) groups excluding carboxylic acids is 1. The molecule has 0 unspecified atom stereocenters. The highest BCUT2D eigenvalue weighted by molar-refractivity contribution is 7.86. The van der Waals surface area contributed by atoms with E-state index in [0.717, 1.165) is 16.4 Å². The lowest BCUT2D eigenvalue weighted by Gasteiger charge is -2.35. The molecule has 1 aromatic rings. The Balaban J connectivity index is 1.93. The van der Waals surface area contributed by atoms with Crippen molar-refractivity contribution in [3.05, 3.63) is 29.8 Å². The van der Waals surface area contributed by atoms with E-state index in [1.54, 1.807) is 0 Å². The molecule has 2 rings (SSSR count). The van der Waals surface area contributed by atoms with Crippen molar-refractivity contribution in [3.8, 4) is 0 Å². The molecule has 0 aliphatic carbocycles. The van der Waals surface area contributed by atoms with Gasteiger partial charge < -0.3 is 10.2 Å². The third-order valence-electron chi connectivity index (χ3n) is 3.78. The minimum atomic E-state index is -4.43. The van der Waals surface area contributed by atoms with Crippen molar-refractivity contribution in [1.29, 1.82) is 0 Å². The van der Waals surface area contributed by atoms with Crippen molar-refractivity contribution in [2.45, 2.75) is 6.18 Å². The van der Waals surface area contributed by atoms with E-state index < -0.39 is 28.0 Å². The first-order valence-electron chi connectivity index (χ1n) is 7.42. The molecule has 0 aromatic heterocycles. The average molecular weight is 380 g/mol. The number of urea groups is 1. The van der Waals surface area contributed by atoms with Gasteiger partial charge in [0.25, 0.3) is 10.2 Å². The fourth-order valence-electron chi connectivity index (χ4n) is 2.30. The molecule has 0 atom stereocenters. The molecule has 1 aliphatic heterocycles. The Morgan fingerprint density at radius 3 is 2.04 bits per heavy atom. The lowest BCUT2D eigenvalue weighted by atomic mass is 10.2. The molecule has 7 nitrogen and oxygen atoms in total. The summed E-state index contributed by atoms with van der Waals surface area (Å²) in [6.07, 6.45) is -4.43. The molecule has 1 heterocycles. The van der Waals surface area contributed by atoms with Gasteiger partial charge in [-0.3, -0.25) is 0 Å². The largest absolute Gasteiger partial charge is 0.416 e. The molecule has 1 aliphatic rings. The Morgan fingerprint density at radius 1 is 1.08 bits per heavy atom. The predicted molar refractivity (Wildman–Crippen MR) is 86.2 cm³/mol. The number of hydrogen-bond donors (Lipinski definition) is 1. The first kappa shape index (κ1) is 19.5. The van der Waals surface area contributed by atoms with E-state index in [2.05, 4.69) is 5.32 Å². The van der Waals surface area contributed by atoms with Crippen molar-refractivity contribution in [2.24, 2.45) is 0 Å². The topological polar surface area (TPSA) is 73.0 Å². The molecule has 1 saturated heterocycles. The Bertz CT molecular complexity index is 712. The zero-order valence-electron chi connectivity index (χ0n) is 13.7. The minimum absolute atomic E-state index is 0.154. The van der Waals surface area contributed by atoms with Crippen LogP contribution >= 0.6 is 0 Å². The second kappa shape index (κ2) is 7.18. The number of anilines is 1. The SMILES string of the molecule is CN(C)S(=O)(=O)N1CCN(C(=O)Nc2ccc(C(F)(F)F)cc2)CC1. The summed E-state index contributed by atoms with van der Waals surface area (Å²) in [6, 6.07) is 3.64. The molecule has 1 aromatic carbocycles. The number of halogens is 3. The zero-order valence-corrected chi connectivity index (χ0v) is 14.6. The summed E-state index contributed by atoms with van der Waals surface area (Å²) in [6.45, 7) is 0.695. The molecule has 0 saturated carbocycles. The highest BCUT2D eigenvalue weighted by Gasteiger charge is 2.31. The van der Waals surface area contributed by atoms with Crippen LogP contribution in [0.25, 0.3) is 0 Å². The molecule has 140 valence electrons. The number of piperazine rings is 1. The van der Waals surface area contributed by atoms with Crippen molar-refractivity contribution in [3.63, 3.8) is 0 Å². The first-order chi connectivity index (χ1) is 11.5. The summed E-state index contributed by atoms with van der Waals surface area (Å²) in [5.74, 6) is 0. The quantitative estimate of drug-likeness (QED) is 0.867. The molecule has 25 heavy (non-hydrogen) atoms.